The third-order valence-electron chi connectivity index (χ3n) is 5.25. The van der Waals surface area contributed by atoms with Gasteiger partial charge in [-0.1, -0.05) is 0 Å². The second-order valence-corrected chi connectivity index (χ2v) is 7.18. The van der Waals surface area contributed by atoms with Gasteiger partial charge in [0.1, 0.15) is 5.82 Å². The molecule has 3 rings (SSSR count). The van der Waals surface area contributed by atoms with Gasteiger partial charge in [-0.2, -0.15) is 13.2 Å². The van der Waals surface area contributed by atoms with Gasteiger partial charge >= 0.3 is 6.18 Å². The number of carbonyl (C=O) groups excluding carboxylic acids is 1. The van der Waals surface area contributed by atoms with Crippen molar-refractivity contribution in [2.45, 2.75) is 25.9 Å². The number of methoxy groups -OCH3 is 2. The Morgan fingerprint density at radius 3 is 2.30 bits per heavy atom. The molecule has 1 fully saturated rings. The predicted molar refractivity (Wildman–Crippen MR) is 107 cm³/mol. The molecule has 0 radical (unpaired) electrons. The van der Waals surface area contributed by atoms with Crippen LogP contribution in [0.15, 0.2) is 30.5 Å². The summed E-state index contributed by atoms with van der Waals surface area (Å²) in [6, 6.07) is 5.93. The smallest absolute Gasteiger partial charge is 0.417 e. The molecule has 0 atom stereocenters. The normalized spacial score (nSPS) is 15.1. The molecule has 2 heterocycles. The van der Waals surface area contributed by atoms with Gasteiger partial charge in [-0.05, 0) is 43.5 Å². The van der Waals surface area contributed by atoms with Crippen LogP contribution >= 0.6 is 0 Å². The van der Waals surface area contributed by atoms with Gasteiger partial charge in [0.25, 0.3) is 0 Å². The summed E-state index contributed by atoms with van der Waals surface area (Å²) in [6.45, 7) is 2.96. The summed E-state index contributed by atoms with van der Waals surface area (Å²) in [5.74, 6) is 1.32. The number of nitrogens with one attached hydrogen (secondary N) is 1. The standard InChI is InChI=1S/C21H24F3N3O3/c1-13-10-17(29-2)18(30-3)11-16(13)26-20(28)14-6-8-27(9-7-14)19-5-4-15(12-25-19)21(22,23)24/h4-5,10-12,14H,6-9H2,1-3H3,(H,26,28). The minimum Gasteiger partial charge on any atom is -0.493 e. The summed E-state index contributed by atoms with van der Waals surface area (Å²) in [5.41, 5.74) is 0.739. The molecule has 0 spiro atoms. The number of aromatic nitrogens is 1. The number of hydrogen-bond donors (Lipinski definition) is 1. The zero-order valence-corrected chi connectivity index (χ0v) is 17.0. The summed E-state index contributed by atoms with van der Waals surface area (Å²) < 4.78 is 48.6. The number of alkyl halides is 3. The maximum atomic E-state index is 12.7. The second-order valence-electron chi connectivity index (χ2n) is 7.18. The van der Waals surface area contributed by atoms with Crippen LogP contribution in [0, 0.1) is 12.8 Å². The van der Waals surface area contributed by atoms with E-state index in [9.17, 15) is 18.0 Å². The summed E-state index contributed by atoms with van der Waals surface area (Å²) in [5, 5.41) is 2.95. The SMILES string of the molecule is COc1cc(C)c(NC(=O)C2CCN(c3ccc(C(F)(F)F)cn3)CC2)cc1OC. The van der Waals surface area contributed by atoms with Gasteiger partial charge in [-0.25, -0.2) is 4.98 Å². The first-order valence-electron chi connectivity index (χ1n) is 9.54. The Morgan fingerprint density at radius 1 is 1.13 bits per heavy atom. The molecular formula is C21H24F3N3O3. The van der Waals surface area contributed by atoms with E-state index in [2.05, 4.69) is 10.3 Å². The van der Waals surface area contributed by atoms with E-state index in [-0.39, 0.29) is 11.8 Å². The van der Waals surface area contributed by atoms with Crippen molar-refractivity contribution >= 4 is 17.4 Å². The third-order valence-corrected chi connectivity index (χ3v) is 5.25. The van der Waals surface area contributed by atoms with Crippen LogP contribution in [-0.4, -0.2) is 38.2 Å². The lowest BCUT2D eigenvalue weighted by molar-refractivity contribution is -0.137. The molecule has 2 aromatic rings. The zero-order valence-electron chi connectivity index (χ0n) is 17.0. The van der Waals surface area contributed by atoms with E-state index in [1.54, 1.807) is 19.2 Å². The highest BCUT2D eigenvalue weighted by Gasteiger charge is 2.31. The molecule has 1 N–H and O–H groups in total. The highest BCUT2D eigenvalue weighted by atomic mass is 19.4. The molecule has 1 aliphatic heterocycles. The van der Waals surface area contributed by atoms with E-state index in [1.807, 2.05) is 11.8 Å². The molecule has 162 valence electrons. The number of nitrogens with zero attached hydrogens (tertiary/aromatic N) is 2. The van der Waals surface area contributed by atoms with Gasteiger partial charge in [0.05, 0.1) is 19.8 Å². The molecule has 0 aliphatic carbocycles. The van der Waals surface area contributed by atoms with Crippen molar-refractivity contribution < 1.29 is 27.4 Å². The lowest BCUT2D eigenvalue weighted by Gasteiger charge is -2.32. The highest BCUT2D eigenvalue weighted by molar-refractivity contribution is 5.93. The summed E-state index contributed by atoms with van der Waals surface area (Å²) in [4.78, 5) is 18.6. The Kier molecular flexibility index (Phi) is 6.38. The van der Waals surface area contributed by atoms with Crippen molar-refractivity contribution in [2.75, 3.05) is 37.5 Å². The number of amides is 1. The van der Waals surface area contributed by atoms with Crippen LogP contribution in [0.1, 0.15) is 24.0 Å². The molecule has 1 amide bonds. The summed E-state index contributed by atoms with van der Waals surface area (Å²) in [6.07, 6.45) is -2.39. The van der Waals surface area contributed by atoms with E-state index < -0.39 is 11.7 Å². The first-order chi connectivity index (χ1) is 14.2. The van der Waals surface area contributed by atoms with E-state index in [4.69, 9.17) is 9.47 Å². The summed E-state index contributed by atoms with van der Waals surface area (Å²) >= 11 is 0. The van der Waals surface area contributed by atoms with Crippen molar-refractivity contribution in [3.8, 4) is 11.5 Å². The number of benzene rings is 1. The van der Waals surface area contributed by atoms with Crippen LogP contribution in [-0.2, 0) is 11.0 Å². The Hall–Kier alpha value is -2.97. The van der Waals surface area contributed by atoms with E-state index in [0.29, 0.717) is 48.9 Å². The monoisotopic (exact) mass is 423 g/mol. The molecule has 9 heteroatoms. The van der Waals surface area contributed by atoms with E-state index in [0.717, 1.165) is 17.8 Å². The number of pyridine rings is 1. The molecule has 0 saturated carbocycles. The van der Waals surface area contributed by atoms with Crippen LogP contribution in [0.4, 0.5) is 24.7 Å². The Bertz CT molecular complexity index is 893. The van der Waals surface area contributed by atoms with Crippen LogP contribution < -0.4 is 19.7 Å². The minimum absolute atomic E-state index is 0.0923. The molecule has 0 unspecified atom stereocenters. The van der Waals surface area contributed by atoms with Crippen molar-refractivity contribution in [2.24, 2.45) is 5.92 Å². The maximum absolute atomic E-state index is 12.7. The molecule has 0 bridgehead atoms. The molecule has 6 nitrogen and oxygen atoms in total. The van der Waals surface area contributed by atoms with Gasteiger partial charge in [-0.15, -0.1) is 0 Å². The quantitative estimate of drug-likeness (QED) is 0.778. The Balaban J connectivity index is 1.61. The first kappa shape index (κ1) is 21.7. The average Bonchev–Trinajstić information content (AvgIpc) is 2.74. The molecular weight excluding hydrogens is 399 g/mol. The Labute approximate surface area is 173 Å². The maximum Gasteiger partial charge on any atom is 0.417 e. The number of halogens is 3. The van der Waals surface area contributed by atoms with Crippen LogP contribution in [0.25, 0.3) is 0 Å². The van der Waals surface area contributed by atoms with E-state index in [1.165, 1.54) is 13.2 Å². The number of carbonyl (C=O) groups is 1. The fourth-order valence-electron chi connectivity index (χ4n) is 3.46. The van der Waals surface area contributed by atoms with E-state index >= 15 is 0 Å². The van der Waals surface area contributed by atoms with Crippen molar-refractivity contribution in [3.05, 3.63) is 41.6 Å². The largest absolute Gasteiger partial charge is 0.493 e. The van der Waals surface area contributed by atoms with Crippen molar-refractivity contribution in [1.82, 2.24) is 4.98 Å². The van der Waals surface area contributed by atoms with Gasteiger partial charge < -0.3 is 19.7 Å². The first-order valence-corrected chi connectivity index (χ1v) is 9.54. The van der Waals surface area contributed by atoms with Gasteiger partial charge in [0.2, 0.25) is 5.91 Å². The van der Waals surface area contributed by atoms with Crippen LogP contribution in [0.2, 0.25) is 0 Å². The topological polar surface area (TPSA) is 63.7 Å². The van der Waals surface area contributed by atoms with Crippen molar-refractivity contribution in [1.29, 1.82) is 0 Å². The molecule has 1 aromatic carbocycles. The minimum atomic E-state index is -4.40. The molecule has 1 aliphatic rings. The van der Waals surface area contributed by atoms with Crippen LogP contribution in [0.3, 0.4) is 0 Å². The van der Waals surface area contributed by atoms with Crippen LogP contribution in [0.5, 0.6) is 11.5 Å². The number of piperidine rings is 1. The average molecular weight is 423 g/mol. The number of rotatable bonds is 5. The van der Waals surface area contributed by atoms with Gasteiger partial charge in [0.15, 0.2) is 11.5 Å². The lowest BCUT2D eigenvalue weighted by atomic mass is 9.95. The fraction of sp³-hybridized carbons (Fsp3) is 0.429. The Morgan fingerprint density at radius 2 is 1.77 bits per heavy atom. The van der Waals surface area contributed by atoms with Gasteiger partial charge in [-0.3, -0.25) is 4.79 Å². The number of hydrogen-bond acceptors (Lipinski definition) is 5. The number of anilines is 2. The highest BCUT2D eigenvalue weighted by Crippen LogP contribution is 2.34. The van der Waals surface area contributed by atoms with Crippen molar-refractivity contribution in [3.63, 3.8) is 0 Å². The summed E-state index contributed by atoms with van der Waals surface area (Å²) in [7, 11) is 3.08. The number of ether oxygens (including phenoxy) is 2. The molecule has 30 heavy (non-hydrogen) atoms. The molecule has 1 aromatic heterocycles. The number of aryl methyl sites for hydroxylation is 1. The second kappa shape index (κ2) is 8.81. The van der Waals surface area contributed by atoms with Gasteiger partial charge in [0, 0.05) is 37.0 Å². The zero-order chi connectivity index (χ0) is 21.9. The predicted octanol–water partition coefficient (Wildman–Crippen LogP) is 4.28. The molecule has 1 saturated heterocycles. The lowest BCUT2D eigenvalue weighted by Crippen LogP contribution is -2.38. The fourth-order valence-corrected chi connectivity index (χ4v) is 3.46. The third kappa shape index (κ3) is 4.77.